The molecule has 1 aliphatic heterocycles. The number of benzene rings is 1. The van der Waals surface area contributed by atoms with Gasteiger partial charge in [0, 0.05) is 30.9 Å². The predicted molar refractivity (Wildman–Crippen MR) is 107 cm³/mol. The van der Waals surface area contributed by atoms with E-state index in [-0.39, 0.29) is 36.8 Å². The molecule has 1 saturated heterocycles. The molecular weight excluding hydrogens is 386 g/mol. The molecule has 0 spiro atoms. The number of hydrogen-bond donors (Lipinski definition) is 3. The molecule has 0 saturated carbocycles. The molecule has 1 aliphatic rings. The number of carbonyl (C=O) groups excluding carboxylic acids is 2. The van der Waals surface area contributed by atoms with Crippen molar-refractivity contribution in [1.82, 2.24) is 15.1 Å². The summed E-state index contributed by atoms with van der Waals surface area (Å²) in [5, 5.41) is 12.9. The fourth-order valence-electron chi connectivity index (χ4n) is 2.72. The molecule has 152 valence electrons. The van der Waals surface area contributed by atoms with E-state index < -0.39 is 0 Å². The average molecular weight is 410 g/mol. The maximum Gasteiger partial charge on any atom is 0.246 e. The summed E-state index contributed by atoms with van der Waals surface area (Å²) >= 11 is 0. The number of nitrogens with zero attached hydrogens (tertiary/aromatic N) is 2. The monoisotopic (exact) mass is 409 g/mol. The lowest BCUT2D eigenvalue weighted by atomic mass is 10.2. The van der Waals surface area contributed by atoms with Gasteiger partial charge in [-0.3, -0.25) is 14.3 Å². The third-order valence-electron chi connectivity index (χ3n) is 4.03. The van der Waals surface area contributed by atoms with E-state index in [1.54, 1.807) is 37.6 Å². The van der Waals surface area contributed by atoms with Crippen molar-refractivity contribution in [2.75, 3.05) is 37.5 Å². The zero-order valence-electron chi connectivity index (χ0n) is 15.5. The SMILES string of the molecule is COc1ccc(NC(=O)Cn2cc(NC(=O)CC3COCCN3)cn2)cc1.Cl. The number of hydrogen-bond acceptors (Lipinski definition) is 6. The van der Waals surface area contributed by atoms with Crippen molar-refractivity contribution in [3.05, 3.63) is 36.7 Å². The third kappa shape index (κ3) is 6.52. The lowest BCUT2D eigenvalue weighted by molar-refractivity contribution is -0.117. The summed E-state index contributed by atoms with van der Waals surface area (Å²) in [6.45, 7) is 1.99. The highest BCUT2D eigenvalue weighted by Gasteiger charge is 2.17. The first-order valence-electron chi connectivity index (χ1n) is 8.70. The molecule has 2 aromatic rings. The van der Waals surface area contributed by atoms with Gasteiger partial charge in [0.15, 0.2) is 0 Å². The second-order valence-electron chi connectivity index (χ2n) is 6.18. The predicted octanol–water partition coefficient (Wildman–Crippen LogP) is 1.27. The van der Waals surface area contributed by atoms with Crippen LogP contribution in [0.4, 0.5) is 11.4 Å². The Morgan fingerprint density at radius 2 is 2.00 bits per heavy atom. The highest BCUT2D eigenvalue weighted by atomic mass is 35.5. The maximum absolute atomic E-state index is 12.1. The van der Waals surface area contributed by atoms with Gasteiger partial charge in [-0.25, -0.2) is 0 Å². The van der Waals surface area contributed by atoms with Crippen molar-refractivity contribution in [1.29, 1.82) is 0 Å². The normalized spacial score (nSPS) is 16.0. The Kier molecular flexibility index (Phi) is 8.24. The number of methoxy groups -OCH3 is 1. The lowest BCUT2D eigenvalue weighted by Crippen LogP contribution is -2.43. The number of aromatic nitrogens is 2. The molecule has 2 heterocycles. The summed E-state index contributed by atoms with van der Waals surface area (Å²) in [5.41, 5.74) is 1.22. The van der Waals surface area contributed by atoms with Crippen LogP contribution in [0.2, 0.25) is 0 Å². The number of amides is 2. The van der Waals surface area contributed by atoms with Crippen LogP contribution in [-0.4, -0.2) is 54.5 Å². The van der Waals surface area contributed by atoms with E-state index in [0.717, 1.165) is 12.3 Å². The quantitative estimate of drug-likeness (QED) is 0.635. The molecule has 0 bridgehead atoms. The van der Waals surface area contributed by atoms with Crippen LogP contribution in [0.15, 0.2) is 36.7 Å². The van der Waals surface area contributed by atoms with Gasteiger partial charge in [0.1, 0.15) is 12.3 Å². The van der Waals surface area contributed by atoms with Gasteiger partial charge in [-0.05, 0) is 24.3 Å². The number of nitrogens with one attached hydrogen (secondary N) is 3. The Bertz CT molecular complexity index is 775. The first-order chi connectivity index (χ1) is 13.1. The Labute approximate surface area is 169 Å². The summed E-state index contributed by atoms with van der Waals surface area (Å²) in [7, 11) is 1.58. The molecule has 10 heteroatoms. The van der Waals surface area contributed by atoms with Gasteiger partial charge in [0.25, 0.3) is 0 Å². The van der Waals surface area contributed by atoms with Crippen LogP contribution >= 0.6 is 12.4 Å². The van der Waals surface area contributed by atoms with Gasteiger partial charge < -0.3 is 25.4 Å². The highest BCUT2D eigenvalue weighted by molar-refractivity contribution is 5.92. The first-order valence-corrected chi connectivity index (χ1v) is 8.70. The van der Waals surface area contributed by atoms with E-state index in [1.165, 1.54) is 10.9 Å². The molecule has 1 atom stereocenters. The summed E-state index contributed by atoms with van der Waals surface area (Å²) in [6, 6.07) is 7.07. The lowest BCUT2D eigenvalue weighted by Gasteiger charge is -2.23. The number of rotatable bonds is 7. The number of morpholine rings is 1. The zero-order valence-corrected chi connectivity index (χ0v) is 16.3. The summed E-state index contributed by atoms with van der Waals surface area (Å²) in [5.74, 6) is 0.375. The van der Waals surface area contributed by atoms with Gasteiger partial charge in [-0.15, -0.1) is 12.4 Å². The molecule has 1 unspecified atom stereocenters. The average Bonchev–Trinajstić information content (AvgIpc) is 3.09. The number of carbonyl (C=O) groups is 2. The van der Waals surface area contributed by atoms with E-state index >= 15 is 0 Å². The van der Waals surface area contributed by atoms with Crippen LogP contribution in [0.3, 0.4) is 0 Å². The zero-order chi connectivity index (χ0) is 19.1. The van der Waals surface area contributed by atoms with E-state index in [0.29, 0.717) is 31.0 Å². The Hall–Kier alpha value is -2.62. The van der Waals surface area contributed by atoms with E-state index in [4.69, 9.17) is 9.47 Å². The van der Waals surface area contributed by atoms with E-state index in [1.807, 2.05) is 0 Å². The fraction of sp³-hybridized carbons (Fsp3) is 0.389. The molecule has 0 radical (unpaired) electrons. The summed E-state index contributed by atoms with van der Waals surface area (Å²) < 4.78 is 11.9. The molecule has 0 aliphatic carbocycles. The minimum Gasteiger partial charge on any atom is -0.497 e. The van der Waals surface area contributed by atoms with Crippen molar-refractivity contribution in [3.8, 4) is 5.75 Å². The molecule has 1 fully saturated rings. The van der Waals surface area contributed by atoms with E-state index in [9.17, 15) is 9.59 Å². The van der Waals surface area contributed by atoms with Crippen molar-refractivity contribution in [3.63, 3.8) is 0 Å². The highest BCUT2D eigenvalue weighted by Crippen LogP contribution is 2.15. The molecule has 3 N–H and O–H groups in total. The third-order valence-corrected chi connectivity index (χ3v) is 4.03. The summed E-state index contributed by atoms with van der Waals surface area (Å²) in [6.07, 6.45) is 3.46. The molecule has 3 rings (SSSR count). The van der Waals surface area contributed by atoms with Crippen LogP contribution < -0.4 is 20.7 Å². The molecular formula is C18H24ClN5O4. The minimum absolute atomic E-state index is 0. The Morgan fingerprint density at radius 1 is 1.25 bits per heavy atom. The number of halogens is 1. The van der Waals surface area contributed by atoms with Gasteiger partial charge in [0.05, 0.1) is 32.2 Å². The van der Waals surface area contributed by atoms with Crippen LogP contribution in [-0.2, 0) is 20.9 Å². The standard InChI is InChI=1S/C18H23N5O4.ClH/c1-26-16-4-2-13(3-5-16)21-18(25)11-23-10-15(9-20-23)22-17(24)8-14-12-27-7-6-19-14;/h2-5,9-10,14,19H,6-8,11-12H2,1H3,(H,21,25)(H,22,24);1H. The maximum atomic E-state index is 12.1. The van der Waals surface area contributed by atoms with Gasteiger partial charge in [-0.1, -0.05) is 0 Å². The van der Waals surface area contributed by atoms with Crippen molar-refractivity contribution in [2.24, 2.45) is 0 Å². The number of anilines is 2. The van der Waals surface area contributed by atoms with E-state index in [2.05, 4.69) is 21.0 Å². The molecule has 28 heavy (non-hydrogen) atoms. The second-order valence-corrected chi connectivity index (χ2v) is 6.18. The smallest absolute Gasteiger partial charge is 0.246 e. The van der Waals surface area contributed by atoms with Crippen molar-refractivity contribution in [2.45, 2.75) is 19.0 Å². The molecule has 9 nitrogen and oxygen atoms in total. The van der Waals surface area contributed by atoms with Crippen LogP contribution in [0.1, 0.15) is 6.42 Å². The van der Waals surface area contributed by atoms with Gasteiger partial charge >= 0.3 is 0 Å². The topological polar surface area (TPSA) is 107 Å². The van der Waals surface area contributed by atoms with Gasteiger partial charge in [0.2, 0.25) is 11.8 Å². The fourth-order valence-corrected chi connectivity index (χ4v) is 2.72. The Morgan fingerprint density at radius 3 is 2.68 bits per heavy atom. The second kappa shape index (κ2) is 10.6. The molecule has 1 aromatic heterocycles. The number of ether oxygens (including phenoxy) is 2. The van der Waals surface area contributed by atoms with Crippen molar-refractivity contribution >= 4 is 35.6 Å². The van der Waals surface area contributed by atoms with Gasteiger partial charge in [-0.2, -0.15) is 5.10 Å². The largest absolute Gasteiger partial charge is 0.497 e. The molecule has 2 amide bonds. The minimum atomic E-state index is -0.218. The van der Waals surface area contributed by atoms with Crippen LogP contribution in [0.25, 0.3) is 0 Å². The van der Waals surface area contributed by atoms with Crippen molar-refractivity contribution < 1.29 is 19.1 Å². The molecule has 1 aromatic carbocycles. The Balaban J connectivity index is 0.00000280. The van der Waals surface area contributed by atoms with Crippen LogP contribution in [0.5, 0.6) is 5.75 Å². The first kappa shape index (κ1) is 21.7. The van der Waals surface area contributed by atoms with Crippen LogP contribution in [0, 0.1) is 0 Å². The summed E-state index contributed by atoms with van der Waals surface area (Å²) in [4.78, 5) is 24.2.